The Balaban J connectivity index is 1.84. The van der Waals surface area contributed by atoms with Crippen molar-refractivity contribution in [2.45, 2.75) is 92.5 Å². The number of rotatable bonds is 12. The van der Waals surface area contributed by atoms with Crippen molar-refractivity contribution in [3.8, 4) is 0 Å². The quantitative estimate of drug-likeness (QED) is 0.312. The Hall–Kier alpha value is -4.21. The molecule has 4 rings (SSSR count). The lowest BCUT2D eigenvalue weighted by Crippen LogP contribution is -2.30. The van der Waals surface area contributed by atoms with Crippen LogP contribution in [0.25, 0.3) is 12.2 Å². The minimum Gasteiger partial charge on any atom is -0.469 e. The fraction of sp³-hybridized carbons (Fsp3) is 0.514. The maximum Gasteiger partial charge on any atom is 0.305 e. The van der Waals surface area contributed by atoms with E-state index in [4.69, 9.17) is 9.47 Å². The molecule has 3 N–H and O–H groups in total. The van der Waals surface area contributed by atoms with Gasteiger partial charge in [-0.15, -0.1) is 0 Å². The van der Waals surface area contributed by atoms with E-state index in [2.05, 4.69) is 27.2 Å². The highest BCUT2D eigenvalue weighted by atomic mass is 16.5. The monoisotopic (exact) mass is 618 g/mol. The lowest BCUT2D eigenvalue weighted by Gasteiger charge is -2.17. The van der Waals surface area contributed by atoms with Gasteiger partial charge in [0.15, 0.2) is 0 Å². The topological polar surface area (TPSA) is 143 Å². The number of esters is 2. The number of ether oxygens (including phenoxy) is 2. The highest BCUT2D eigenvalue weighted by molar-refractivity contribution is 6.30. The first-order valence-corrected chi connectivity index (χ1v) is 15.8. The van der Waals surface area contributed by atoms with Gasteiger partial charge in [0.1, 0.15) is 0 Å². The number of H-pyrrole nitrogens is 2. The van der Waals surface area contributed by atoms with Crippen molar-refractivity contribution in [1.82, 2.24) is 15.3 Å². The molecule has 0 saturated carbocycles. The van der Waals surface area contributed by atoms with Crippen molar-refractivity contribution < 1.29 is 28.7 Å². The van der Waals surface area contributed by atoms with Gasteiger partial charge in [0, 0.05) is 58.9 Å². The number of aromatic nitrogens is 2. The second-order valence-corrected chi connectivity index (χ2v) is 12.1. The number of methoxy groups -OCH3 is 2. The van der Waals surface area contributed by atoms with Crippen LogP contribution in [0.2, 0.25) is 0 Å². The Kier molecular flexibility index (Phi) is 10.7. The Labute approximate surface area is 264 Å². The highest BCUT2D eigenvalue weighted by Gasteiger charge is 2.38. The van der Waals surface area contributed by atoms with Crippen molar-refractivity contribution >= 4 is 41.6 Å². The first kappa shape index (κ1) is 33.7. The minimum absolute atomic E-state index is 0.00403. The third kappa shape index (κ3) is 7.05. The molecule has 2 aromatic rings. The summed E-state index contributed by atoms with van der Waals surface area (Å²) in [7, 11) is 2.76. The number of carbonyl (C=O) groups excluding carboxylic acids is 4. The largest absolute Gasteiger partial charge is 0.469 e. The van der Waals surface area contributed by atoms with E-state index in [-0.39, 0.29) is 54.5 Å². The molecule has 2 aromatic heterocycles. The minimum atomic E-state index is -0.306. The molecule has 2 amide bonds. The van der Waals surface area contributed by atoms with Crippen LogP contribution in [-0.4, -0.2) is 59.7 Å². The predicted octanol–water partition coefficient (Wildman–Crippen LogP) is 3.19. The maximum absolute atomic E-state index is 12.6. The van der Waals surface area contributed by atoms with Crippen molar-refractivity contribution in [3.05, 3.63) is 55.5 Å². The summed E-state index contributed by atoms with van der Waals surface area (Å²) in [6.45, 7) is 12.0. The molecular formula is C35H46N4O6. The number of allylic oxidation sites excluding steroid dienone is 1. The van der Waals surface area contributed by atoms with Gasteiger partial charge in [-0.3, -0.25) is 19.2 Å². The molecule has 0 spiro atoms. The van der Waals surface area contributed by atoms with E-state index in [9.17, 15) is 19.2 Å². The van der Waals surface area contributed by atoms with Crippen LogP contribution in [-0.2, 0) is 47.9 Å². The molecule has 45 heavy (non-hydrogen) atoms. The maximum atomic E-state index is 12.6. The molecule has 1 saturated heterocycles. The van der Waals surface area contributed by atoms with Gasteiger partial charge in [-0.1, -0.05) is 20.8 Å². The highest BCUT2D eigenvalue weighted by Crippen LogP contribution is 2.30. The van der Waals surface area contributed by atoms with E-state index in [1.807, 2.05) is 39.8 Å². The van der Waals surface area contributed by atoms with Gasteiger partial charge in [-0.05, 0) is 92.4 Å². The molecule has 4 heterocycles. The van der Waals surface area contributed by atoms with E-state index in [0.717, 1.165) is 56.3 Å². The fourth-order valence-electron chi connectivity index (χ4n) is 6.68. The first-order chi connectivity index (χ1) is 21.4. The molecule has 1 fully saturated rings. The molecule has 2 aliphatic rings. The number of aliphatic imine (C=N–C) groups is 1. The molecule has 0 aromatic carbocycles. The summed E-state index contributed by atoms with van der Waals surface area (Å²) in [5.41, 5.74) is 8.02. The standard InChI is InChI=1S/C35H46N4O6/c1-9-22-21(6)34(42)39-29(22)16-27-20(5)25(12-14-33(41)45-8)31(37-27)17-30-24(11-13-32(40)44-7)19(4)26(36-30)15-28-18(3)23(10-2)35(43)38-28/h16-18,23,28,36-37H,9-15H2,1-8H3,(H,38,43)/b27-16-,31-17-. The van der Waals surface area contributed by atoms with Gasteiger partial charge >= 0.3 is 11.9 Å². The zero-order valence-electron chi connectivity index (χ0n) is 27.7. The van der Waals surface area contributed by atoms with Crippen LogP contribution in [0.4, 0.5) is 0 Å². The number of carbonyl (C=O) groups is 4. The van der Waals surface area contributed by atoms with E-state index in [1.54, 1.807) is 6.92 Å². The number of nitrogens with zero attached hydrogens (tertiary/aromatic N) is 1. The first-order valence-electron chi connectivity index (χ1n) is 15.8. The van der Waals surface area contributed by atoms with Gasteiger partial charge in [-0.2, -0.15) is 0 Å². The zero-order chi connectivity index (χ0) is 33.0. The van der Waals surface area contributed by atoms with Crippen LogP contribution in [0.5, 0.6) is 0 Å². The summed E-state index contributed by atoms with van der Waals surface area (Å²) >= 11 is 0. The van der Waals surface area contributed by atoms with Crippen molar-refractivity contribution in [3.63, 3.8) is 0 Å². The van der Waals surface area contributed by atoms with E-state index < -0.39 is 0 Å². The SMILES string of the molecule is CCC1=C(C)C(=O)N=C1/C=c1\[nH]/c(=C\c2[nH]c(CC3NC(=O)C(CC)C3C)c(C)c2CCC(=O)OC)c(CCC(=O)OC)c1C. The molecule has 242 valence electrons. The average Bonchev–Trinajstić information content (AvgIpc) is 3.66. The third-order valence-corrected chi connectivity index (χ3v) is 9.61. The number of amides is 2. The predicted molar refractivity (Wildman–Crippen MR) is 173 cm³/mol. The summed E-state index contributed by atoms with van der Waals surface area (Å²) in [6.07, 6.45) is 7.41. The van der Waals surface area contributed by atoms with E-state index >= 15 is 0 Å². The molecule has 10 nitrogen and oxygen atoms in total. The second-order valence-electron chi connectivity index (χ2n) is 12.1. The molecule has 0 radical (unpaired) electrons. The molecule has 0 aliphatic carbocycles. The van der Waals surface area contributed by atoms with Crippen LogP contribution in [0.1, 0.15) is 87.0 Å². The molecule has 3 unspecified atom stereocenters. The van der Waals surface area contributed by atoms with Gasteiger partial charge in [0.25, 0.3) is 5.91 Å². The van der Waals surface area contributed by atoms with Crippen molar-refractivity contribution in [2.24, 2.45) is 16.8 Å². The van der Waals surface area contributed by atoms with Crippen LogP contribution >= 0.6 is 0 Å². The van der Waals surface area contributed by atoms with E-state index in [0.29, 0.717) is 37.0 Å². The summed E-state index contributed by atoms with van der Waals surface area (Å²) in [5.74, 6) is -0.527. The van der Waals surface area contributed by atoms with E-state index in [1.165, 1.54) is 14.2 Å². The number of hydrogen-bond donors (Lipinski definition) is 3. The Morgan fingerprint density at radius 2 is 1.53 bits per heavy atom. The number of nitrogens with one attached hydrogen (secondary N) is 3. The average molecular weight is 619 g/mol. The Morgan fingerprint density at radius 3 is 2.11 bits per heavy atom. The molecule has 3 atom stereocenters. The molecular weight excluding hydrogens is 572 g/mol. The summed E-state index contributed by atoms with van der Waals surface area (Å²) in [6, 6.07) is 0.00447. The lowest BCUT2D eigenvalue weighted by atomic mass is 9.88. The fourth-order valence-corrected chi connectivity index (χ4v) is 6.68. The lowest BCUT2D eigenvalue weighted by molar-refractivity contribution is -0.141. The molecule has 10 heteroatoms. The second kappa shape index (κ2) is 14.3. The van der Waals surface area contributed by atoms with Gasteiger partial charge in [0.2, 0.25) is 5.91 Å². The van der Waals surface area contributed by atoms with Crippen molar-refractivity contribution in [1.29, 1.82) is 0 Å². The zero-order valence-corrected chi connectivity index (χ0v) is 27.7. The van der Waals surface area contributed by atoms with Gasteiger partial charge in [-0.25, -0.2) is 4.99 Å². The summed E-state index contributed by atoms with van der Waals surface area (Å²) < 4.78 is 9.86. The number of hydrogen-bond acceptors (Lipinski definition) is 6. The number of aromatic amines is 2. The Bertz CT molecular complexity index is 1690. The van der Waals surface area contributed by atoms with Crippen LogP contribution in [0.15, 0.2) is 16.1 Å². The Morgan fingerprint density at radius 1 is 0.889 bits per heavy atom. The van der Waals surface area contributed by atoms with Crippen molar-refractivity contribution in [2.75, 3.05) is 14.2 Å². The summed E-state index contributed by atoms with van der Waals surface area (Å²) in [4.78, 5) is 60.7. The van der Waals surface area contributed by atoms with Gasteiger partial charge in [0.05, 0.1) is 19.9 Å². The molecule has 2 aliphatic heterocycles. The molecule has 0 bridgehead atoms. The van der Waals surface area contributed by atoms with Crippen LogP contribution in [0, 0.1) is 25.7 Å². The third-order valence-electron chi connectivity index (χ3n) is 9.61. The van der Waals surface area contributed by atoms with Gasteiger partial charge < -0.3 is 24.8 Å². The smallest absolute Gasteiger partial charge is 0.305 e. The van der Waals surface area contributed by atoms with Crippen LogP contribution < -0.4 is 16.0 Å². The normalized spacial score (nSPS) is 20.7. The summed E-state index contributed by atoms with van der Waals surface area (Å²) in [5, 5.41) is 4.80. The van der Waals surface area contributed by atoms with Crippen LogP contribution in [0.3, 0.4) is 0 Å².